The van der Waals surface area contributed by atoms with E-state index in [-0.39, 0.29) is 12.0 Å². The molecule has 0 N–H and O–H groups in total. The Morgan fingerprint density at radius 1 is 1.65 bits per heavy atom. The first-order chi connectivity index (χ1) is 8.04. The number of ether oxygens (including phenoxy) is 1. The number of carbonyl (C=O) groups excluding carboxylic acids is 1. The van der Waals surface area contributed by atoms with Crippen molar-refractivity contribution >= 4 is 33.2 Å². The number of rotatable bonds is 6. The lowest BCUT2D eigenvalue weighted by molar-refractivity contribution is -0.131. The van der Waals surface area contributed by atoms with E-state index in [1.54, 1.807) is 23.3 Å². The van der Waals surface area contributed by atoms with Crippen LogP contribution in [0.4, 0.5) is 0 Å². The van der Waals surface area contributed by atoms with Gasteiger partial charge in [0.1, 0.15) is 0 Å². The van der Waals surface area contributed by atoms with Gasteiger partial charge in [-0.1, -0.05) is 0 Å². The third-order valence-electron chi connectivity index (χ3n) is 2.66. The van der Waals surface area contributed by atoms with Crippen LogP contribution in [0, 0.1) is 0 Å². The molecule has 1 heterocycles. The minimum Gasteiger partial charge on any atom is -0.382 e. The van der Waals surface area contributed by atoms with Crippen molar-refractivity contribution in [1.29, 1.82) is 0 Å². The maximum Gasteiger partial charge on any atom is 0.222 e. The first-order valence-electron chi connectivity index (χ1n) is 5.53. The fourth-order valence-corrected chi connectivity index (χ4v) is 2.91. The highest BCUT2D eigenvalue weighted by Crippen LogP contribution is 2.24. The lowest BCUT2D eigenvalue weighted by Crippen LogP contribution is -2.26. The van der Waals surface area contributed by atoms with Crippen LogP contribution in [0.3, 0.4) is 0 Å². The molecule has 1 aromatic heterocycles. The number of methoxy groups -OCH3 is 1. The van der Waals surface area contributed by atoms with Gasteiger partial charge in [-0.25, -0.2) is 0 Å². The average molecular weight is 320 g/mol. The molecule has 0 radical (unpaired) electrons. The van der Waals surface area contributed by atoms with Crippen molar-refractivity contribution in [2.24, 2.45) is 0 Å². The Bertz CT molecular complexity index is 367. The number of halogens is 1. The summed E-state index contributed by atoms with van der Waals surface area (Å²) < 4.78 is 6.21. The topological polar surface area (TPSA) is 29.5 Å². The van der Waals surface area contributed by atoms with Crippen LogP contribution in [0.15, 0.2) is 15.9 Å². The molecular weight excluding hydrogens is 302 g/mol. The lowest BCUT2D eigenvalue weighted by Gasteiger charge is -2.17. The number of nitrogens with zero attached hydrogens (tertiary/aromatic N) is 1. The Labute approximate surface area is 115 Å². The van der Waals surface area contributed by atoms with Gasteiger partial charge in [0, 0.05) is 29.9 Å². The van der Waals surface area contributed by atoms with Gasteiger partial charge < -0.3 is 9.64 Å². The smallest absolute Gasteiger partial charge is 0.222 e. The molecule has 0 aromatic carbocycles. The summed E-state index contributed by atoms with van der Waals surface area (Å²) in [5.41, 5.74) is 0. The lowest BCUT2D eigenvalue weighted by atomic mass is 10.2. The Hall–Kier alpha value is -0.390. The SMILES string of the molecule is CO[C@H](C)CCC(=O)N(C)Cc1sccc1Br. The van der Waals surface area contributed by atoms with Gasteiger partial charge in [-0.2, -0.15) is 0 Å². The Balaban J connectivity index is 2.40. The minimum atomic E-state index is 0.140. The highest BCUT2D eigenvalue weighted by Gasteiger charge is 2.13. The molecule has 0 aliphatic rings. The zero-order chi connectivity index (χ0) is 12.8. The van der Waals surface area contributed by atoms with E-state index < -0.39 is 0 Å². The minimum absolute atomic E-state index is 0.140. The standard InChI is InChI=1S/C12H18BrNO2S/c1-9(16-3)4-5-12(15)14(2)8-11-10(13)6-7-17-11/h6-7,9H,4-5,8H2,1-3H3/t9-/m1/s1. The van der Waals surface area contributed by atoms with Crippen LogP contribution in [-0.4, -0.2) is 31.1 Å². The van der Waals surface area contributed by atoms with Crippen molar-refractivity contribution in [3.8, 4) is 0 Å². The van der Waals surface area contributed by atoms with Crippen LogP contribution < -0.4 is 0 Å². The predicted molar refractivity (Wildman–Crippen MR) is 74.2 cm³/mol. The molecule has 1 amide bonds. The van der Waals surface area contributed by atoms with E-state index >= 15 is 0 Å². The summed E-state index contributed by atoms with van der Waals surface area (Å²) in [6.45, 7) is 2.64. The molecule has 1 atom stereocenters. The van der Waals surface area contributed by atoms with Gasteiger partial charge in [-0.15, -0.1) is 11.3 Å². The largest absolute Gasteiger partial charge is 0.382 e. The zero-order valence-electron chi connectivity index (χ0n) is 10.4. The molecule has 0 spiro atoms. The molecule has 5 heteroatoms. The first-order valence-corrected chi connectivity index (χ1v) is 7.20. The molecule has 0 aliphatic heterocycles. The first kappa shape index (κ1) is 14.7. The highest BCUT2D eigenvalue weighted by atomic mass is 79.9. The Morgan fingerprint density at radius 2 is 2.35 bits per heavy atom. The van der Waals surface area contributed by atoms with Gasteiger partial charge in [0.2, 0.25) is 5.91 Å². The van der Waals surface area contributed by atoms with Crippen molar-refractivity contribution < 1.29 is 9.53 Å². The van der Waals surface area contributed by atoms with Crippen molar-refractivity contribution in [2.45, 2.75) is 32.4 Å². The summed E-state index contributed by atoms with van der Waals surface area (Å²) in [6, 6.07) is 2.01. The number of hydrogen-bond acceptors (Lipinski definition) is 3. The van der Waals surface area contributed by atoms with E-state index in [2.05, 4.69) is 15.9 Å². The quantitative estimate of drug-likeness (QED) is 0.805. The fourth-order valence-electron chi connectivity index (χ4n) is 1.38. The van der Waals surface area contributed by atoms with Gasteiger partial charge >= 0.3 is 0 Å². The number of carbonyl (C=O) groups is 1. The second kappa shape index (κ2) is 7.13. The molecule has 1 rings (SSSR count). The molecule has 1 aromatic rings. The molecule has 0 fully saturated rings. The molecule has 96 valence electrons. The normalized spacial score (nSPS) is 12.5. The molecule has 0 saturated heterocycles. The van der Waals surface area contributed by atoms with Gasteiger partial charge in [0.25, 0.3) is 0 Å². The summed E-state index contributed by atoms with van der Waals surface area (Å²) in [5.74, 6) is 0.161. The van der Waals surface area contributed by atoms with E-state index in [9.17, 15) is 4.79 Å². The molecule has 0 saturated carbocycles. The van der Waals surface area contributed by atoms with E-state index in [0.29, 0.717) is 13.0 Å². The molecule has 0 bridgehead atoms. The second-order valence-electron chi connectivity index (χ2n) is 4.03. The number of hydrogen-bond donors (Lipinski definition) is 0. The summed E-state index contributed by atoms with van der Waals surface area (Å²) in [4.78, 5) is 14.8. The molecule has 0 unspecified atom stereocenters. The van der Waals surface area contributed by atoms with Crippen LogP contribution in [0.25, 0.3) is 0 Å². The van der Waals surface area contributed by atoms with Crippen LogP contribution >= 0.6 is 27.3 Å². The summed E-state index contributed by atoms with van der Waals surface area (Å²) >= 11 is 5.13. The monoisotopic (exact) mass is 319 g/mol. The van der Waals surface area contributed by atoms with Crippen molar-refractivity contribution in [3.63, 3.8) is 0 Å². The molecule has 17 heavy (non-hydrogen) atoms. The number of thiophene rings is 1. The predicted octanol–water partition coefficient (Wildman–Crippen LogP) is 3.28. The van der Waals surface area contributed by atoms with E-state index in [1.807, 2.05) is 25.4 Å². The van der Waals surface area contributed by atoms with Gasteiger partial charge in [-0.05, 0) is 40.7 Å². The van der Waals surface area contributed by atoms with Gasteiger partial charge in [0.15, 0.2) is 0 Å². The second-order valence-corrected chi connectivity index (χ2v) is 5.88. The van der Waals surface area contributed by atoms with Crippen molar-refractivity contribution in [3.05, 3.63) is 20.8 Å². The van der Waals surface area contributed by atoms with E-state index in [4.69, 9.17) is 4.74 Å². The van der Waals surface area contributed by atoms with Crippen LogP contribution in [0.5, 0.6) is 0 Å². The van der Waals surface area contributed by atoms with Crippen molar-refractivity contribution in [1.82, 2.24) is 4.90 Å². The van der Waals surface area contributed by atoms with E-state index in [0.717, 1.165) is 10.9 Å². The summed E-state index contributed by atoms with van der Waals surface area (Å²) in [6.07, 6.45) is 1.44. The summed E-state index contributed by atoms with van der Waals surface area (Å²) in [7, 11) is 3.51. The average Bonchev–Trinajstić information content (AvgIpc) is 2.71. The summed E-state index contributed by atoms with van der Waals surface area (Å²) in [5, 5.41) is 2.02. The highest BCUT2D eigenvalue weighted by molar-refractivity contribution is 9.10. The third-order valence-corrected chi connectivity index (χ3v) is 4.58. The third kappa shape index (κ3) is 4.77. The Kier molecular flexibility index (Phi) is 6.16. The molecule has 0 aliphatic carbocycles. The Morgan fingerprint density at radius 3 is 2.88 bits per heavy atom. The molecule has 3 nitrogen and oxygen atoms in total. The van der Waals surface area contributed by atoms with Gasteiger partial charge in [0.05, 0.1) is 12.6 Å². The molecular formula is C12H18BrNO2S. The maximum atomic E-state index is 11.9. The van der Waals surface area contributed by atoms with Crippen molar-refractivity contribution in [2.75, 3.05) is 14.2 Å². The number of amides is 1. The van der Waals surface area contributed by atoms with Gasteiger partial charge in [-0.3, -0.25) is 4.79 Å². The van der Waals surface area contributed by atoms with Crippen LogP contribution in [0.2, 0.25) is 0 Å². The zero-order valence-corrected chi connectivity index (χ0v) is 12.8. The van der Waals surface area contributed by atoms with E-state index in [1.165, 1.54) is 4.88 Å². The fraction of sp³-hybridized carbons (Fsp3) is 0.583. The maximum absolute atomic E-state index is 11.9. The van der Waals surface area contributed by atoms with Crippen LogP contribution in [-0.2, 0) is 16.1 Å². The van der Waals surface area contributed by atoms with Crippen LogP contribution in [0.1, 0.15) is 24.6 Å².